The van der Waals surface area contributed by atoms with Crippen molar-refractivity contribution in [1.82, 2.24) is 4.98 Å². The summed E-state index contributed by atoms with van der Waals surface area (Å²) in [6.07, 6.45) is 3.32. The van der Waals surface area contributed by atoms with E-state index in [4.69, 9.17) is 4.98 Å². The molecule has 1 aromatic heterocycles. The lowest BCUT2D eigenvalue weighted by Gasteiger charge is -2.44. The third kappa shape index (κ3) is 1.71. The van der Waals surface area contributed by atoms with Gasteiger partial charge in [0, 0.05) is 13.3 Å². The molecule has 0 amide bonds. The predicted octanol–water partition coefficient (Wildman–Crippen LogP) is 4.07. The molecule has 1 aliphatic rings. The fraction of sp³-hybridized carbons (Fsp3) is 0.474. The minimum Gasteiger partial charge on any atom is -0.245 e. The second-order valence-corrected chi connectivity index (χ2v) is 6.98. The van der Waals surface area contributed by atoms with Gasteiger partial charge in [-0.05, 0) is 39.3 Å². The minimum atomic E-state index is 0.0507. The maximum absolute atomic E-state index is 4.71. The number of aryl methyl sites for hydroxylation is 2. The lowest BCUT2D eigenvalue weighted by atomic mass is 9.63. The zero-order valence-corrected chi connectivity index (χ0v) is 14.0. The number of rotatable bonds is 1. The molecule has 0 bridgehead atoms. The molecule has 2 heterocycles. The van der Waals surface area contributed by atoms with Crippen LogP contribution in [0.4, 0.5) is 0 Å². The third-order valence-corrected chi connectivity index (χ3v) is 5.67. The Balaban J connectivity index is 2.48. The van der Waals surface area contributed by atoms with Crippen LogP contribution < -0.4 is 4.57 Å². The predicted molar refractivity (Wildman–Crippen MR) is 86.3 cm³/mol. The quantitative estimate of drug-likeness (QED) is 0.720. The molecular weight excluding hydrogens is 256 g/mol. The molecule has 0 saturated heterocycles. The van der Waals surface area contributed by atoms with Crippen molar-refractivity contribution in [2.45, 2.75) is 58.9 Å². The largest absolute Gasteiger partial charge is 0.245 e. The van der Waals surface area contributed by atoms with E-state index in [0.29, 0.717) is 0 Å². The summed E-state index contributed by atoms with van der Waals surface area (Å²) in [7, 11) is 0. The van der Waals surface area contributed by atoms with Crippen molar-refractivity contribution in [2.75, 3.05) is 0 Å². The van der Waals surface area contributed by atoms with Crippen LogP contribution in [0.5, 0.6) is 0 Å². The Hall–Kier alpha value is -1.70. The molecule has 2 heteroatoms. The van der Waals surface area contributed by atoms with Crippen LogP contribution in [-0.2, 0) is 11.0 Å². The summed E-state index contributed by atoms with van der Waals surface area (Å²) in [5, 5.41) is 0. The fourth-order valence-electron chi connectivity index (χ4n) is 3.92. The first-order valence-corrected chi connectivity index (χ1v) is 7.83. The van der Waals surface area contributed by atoms with Crippen LogP contribution in [0, 0.1) is 13.8 Å². The normalized spacial score (nSPS) is 22.6. The number of hydrogen-bond donors (Lipinski definition) is 0. The smallest absolute Gasteiger partial charge is 0.234 e. The Kier molecular flexibility index (Phi) is 2.98. The van der Waals surface area contributed by atoms with Gasteiger partial charge in [0.15, 0.2) is 11.7 Å². The molecule has 2 nitrogen and oxygen atoms in total. The number of hydrogen-bond acceptors (Lipinski definition) is 1. The molecule has 0 fully saturated rings. The number of fused-ring (bicyclic) bond motifs is 3. The molecule has 21 heavy (non-hydrogen) atoms. The van der Waals surface area contributed by atoms with E-state index in [1.54, 1.807) is 0 Å². The molecule has 0 aliphatic carbocycles. The van der Waals surface area contributed by atoms with Crippen LogP contribution in [0.1, 0.15) is 51.1 Å². The molecule has 1 atom stereocenters. The van der Waals surface area contributed by atoms with Gasteiger partial charge < -0.3 is 0 Å². The number of benzene rings is 1. The first-order valence-electron chi connectivity index (χ1n) is 7.83. The Morgan fingerprint density at radius 2 is 1.76 bits per heavy atom. The maximum atomic E-state index is 4.71. The first kappa shape index (κ1) is 14.2. The molecule has 110 valence electrons. The van der Waals surface area contributed by atoms with Crippen molar-refractivity contribution in [3.05, 3.63) is 47.4 Å². The van der Waals surface area contributed by atoms with E-state index in [1.165, 1.54) is 16.8 Å². The van der Waals surface area contributed by atoms with Crippen LogP contribution in [0.2, 0.25) is 0 Å². The van der Waals surface area contributed by atoms with Gasteiger partial charge >= 0.3 is 0 Å². The summed E-state index contributed by atoms with van der Waals surface area (Å²) >= 11 is 0. The van der Waals surface area contributed by atoms with Gasteiger partial charge in [0.25, 0.3) is 0 Å². The molecule has 1 aliphatic heterocycles. The van der Waals surface area contributed by atoms with E-state index in [0.717, 1.165) is 17.8 Å². The van der Waals surface area contributed by atoms with Gasteiger partial charge in [0.05, 0.1) is 11.0 Å². The van der Waals surface area contributed by atoms with Crippen LogP contribution in [0.15, 0.2) is 30.5 Å². The van der Waals surface area contributed by atoms with Crippen molar-refractivity contribution in [3.63, 3.8) is 0 Å². The highest BCUT2D eigenvalue weighted by Gasteiger charge is 2.55. The van der Waals surface area contributed by atoms with Gasteiger partial charge in [-0.1, -0.05) is 25.1 Å². The van der Waals surface area contributed by atoms with E-state index < -0.39 is 0 Å². The van der Waals surface area contributed by atoms with E-state index in [1.807, 2.05) is 0 Å². The minimum absolute atomic E-state index is 0.0507. The third-order valence-electron chi connectivity index (χ3n) is 5.67. The second-order valence-electron chi connectivity index (χ2n) is 6.98. The van der Waals surface area contributed by atoms with Crippen molar-refractivity contribution >= 4 is 0 Å². The van der Waals surface area contributed by atoms with Crippen LogP contribution >= 0.6 is 0 Å². The average molecular weight is 281 g/mol. The van der Waals surface area contributed by atoms with E-state index in [2.05, 4.69) is 76.6 Å². The zero-order valence-electron chi connectivity index (χ0n) is 14.0. The Morgan fingerprint density at radius 3 is 2.43 bits per heavy atom. The molecule has 0 spiro atoms. The van der Waals surface area contributed by atoms with Crippen molar-refractivity contribution < 1.29 is 4.57 Å². The van der Waals surface area contributed by atoms with Gasteiger partial charge in [-0.15, -0.1) is 0 Å². The summed E-state index contributed by atoms with van der Waals surface area (Å²) in [5.74, 6) is 0. The molecular formula is C19H25N2+. The lowest BCUT2D eigenvalue weighted by molar-refractivity contribution is -0.765. The highest BCUT2D eigenvalue weighted by atomic mass is 15.1. The van der Waals surface area contributed by atoms with Crippen molar-refractivity contribution in [2.24, 2.45) is 0 Å². The molecule has 1 aromatic carbocycles. The Labute approximate surface area is 127 Å². The molecule has 1 unspecified atom stereocenters. The summed E-state index contributed by atoms with van der Waals surface area (Å²) in [6, 6.07) is 8.81. The Morgan fingerprint density at radius 1 is 1.10 bits per heavy atom. The lowest BCUT2D eigenvalue weighted by Crippen LogP contribution is -2.67. The zero-order chi connectivity index (χ0) is 15.4. The fourth-order valence-corrected chi connectivity index (χ4v) is 3.92. The summed E-state index contributed by atoms with van der Waals surface area (Å²) in [6.45, 7) is 13.6. The van der Waals surface area contributed by atoms with Gasteiger partial charge in [0.2, 0.25) is 5.69 Å². The number of aromatic nitrogens is 2. The van der Waals surface area contributed by atoms with Crippen LogP contribution in [0.3, 0.4) is 0 Å². The highest BCUT2D eigenvalue weighted by molar-refractivity contribution is 5.66. The van der Waals surface area contributed by atoms with Crippen LogP contribution in [-0.4, -0.2) is 4.98 Å². The van der Waals surface area contributed by atoms with E-state index >= 15 is 0 Å². The second kappa shape index (κ2) is 4.40. The standard InChI is InChI=1S/C19H25N2/c1-7-19(6)18(4,5)16-11-9-8-10-15(16)17-14(3)20-13(2)12-21(17)19/h8-12H,7H2,1-6H3/q+1. The Bertz CT molecular complexity index is 716. The van der Waals surface area contributed by atoms with Crippen LogP contribution in [0.25, 0.3) is 11.3 Å². The molecule has 3 rings (SSSR count). The van der Waals surface area contributed by atoms with Gasteiger partial charge in [-0.3, -0.25) is 0 Å². The number of nitrogens with zero attached hydrogens (tertiary/aromatic N) is 2. The molecule has 0 saturated carbocycles. The molecule has 0 N–H and O–H groups in total. The van der Waals surface area contributed by atoms with Gasteiger partial charge in [-0.25, -0.2) is 4.98 Å². The topological polar surface area (TPSA) is 16.8 Å². The summed E-state index contributed by atoms with van der Waals surface area (Å²) < 4.78 is 2.48. The maximum Gasteiger partial charge on any atom is 0.234 e. The van der Waals surface area contributed by atoms with E-state index in [9.17, 15) is 0 Å². The summed E-state index contributed by atoms with van der Waals surface area (Å²) in [5.41, 5.74) is 6.39. The first-order chi connectivity index (χ1) is 9.83. The molecule has 2 aromatic rings. The SMILES string of the molecule is CCC1(C)[n+]2cc(C)nc(C)c2-c2ccccc2C1(C)C. The monoisotopic (exact) mass is 281 g/mol. The van der Waals surface area contributed by atoms with Crippen molar-refractivity contribution in [1.29, 1.82) is 0 Å². The average Bonchev–Trinajstić information content (AvgIpc) is 2.44. The van der Waals surface area contributed by atoms with Gasteiger partial charge in [0.1, 0.15) is 11.4 Å². The molecule has 0 radical (unpaired) electrons. The van der Waals surface area contributed by atoms with E-state index in [-0.39, 0.29) is 11.0 Å². The van der Waals surface area contributed by atoms with Crippen molar-refractivity contribution in [3.8, 4) is 11.3 Å². The highest BCUT2D eigenvalue weighted by Crippen LogP contribution is 2.47. The van der Waals surface area contributed by atoms with Gasteiger partial charge in [-0.2, -0.15) is 4.57 Å². The summed E-state index contributed by atoms with van der Waals surface area (Å²) in [4.78, 5) is 4.71.